The number of hydrogen-bond donors (Lipinski definition) is 4. The molecule has 0 aliphatic carbocycles. The topological polar surface area (TPSA) is 144 Å². The van der Waals surface area contributed by atoms with Gasteiger partial charge in [-0.15, -0.1) is 11.3 Å². The van der Waals surface area contributed by atoms with Gasteiger partial charge in [0, 0.05) is 18.5 Å². The Morgan fingerprint density at radius 3 is 2.61 bits per heavy atom. The number of thiazole rings is 1. The first kappa shape index (κ1) is 20.8. The molecule has 1 aliphatic rings. The maximum atomic E-state index is 12.8. The molecule has 0 atom stereocenters. The van der Waals surface area contributed by atoms with E-state index in [1.54, 1.807) is 18.6 Å². The Bertz CT molecular complexity index is 1100. The van der Waals surface area contributed by atoms with Crippen LogP contribution in [0.3, 0.4) is 0 Å². The summed E-state index contributed by atoms with van der Waals surface area (Å²) in [5.41, 5.74) is 13.0. The molecule has 1 fully saturated rings. The number of rotatable bonds is 6. The monoisotopic (exact) mass is 440 g/mol. The van der Waals surface area contributed by atoms with Gasteiger partial charge in [-0.1, -0.05) is 12.1 Å². The summed E-state index contributed by atoms with van der Waals surface area (Å²) in [5, 5.41) is 12.4. The third-order valence-corrected chi connectivity index (χ3v) is 6.41. The number of piperidine rings is 1. The molecule has 1 saturated heterocycles. The van der Waals surface area contributed by atoms with E-state index in [2.05, 4.69) is 25.6 Å². The standard InChI is InChI=1S/C20H24N8O2S/c1-23-20(18(22)30)6-8-27(9-7-20)16-5-3-2-4-14(16)25-17(29)15-12-31-19(26-15)28-11-13(21)10-24-28/h2-5,10-12,23H,6-9,21H2,1H3,(H2,22,30)(H,25,29). The number of nitrogens with one attached hydrogen (secondary N) is 2. The van der Waals surface area contributed by atoms with Crippen molar-refractivity contribution >= 4 is 40.2 Å². The Morgan fingerprint density at radius 2 is 1.97 bits per heavy atom. The van der Waals surface area contributed by atoms with Gasteiger partial charge in [-0.05, 0) is 32.0 Å². The Labute approximate surface area is 183 Å². The zero-order chi connectivity index (χ0) is 22.0. The minimum absolute atomic E-state index is 0.297. The van der Waals surface area contributed by atoms with Crippen molar-refractivity contribution in [3.63, 3.8) is 0 Å². The van der Waals surface area contributed by atoms with Crippen molar-refractivity contribution in [3.8, 4) is 5.13 Å². The molecule has 3 heterocycles. The van der Waals surface area contributed by atoms with Crippen LogP contribution < -0.4 is 27.0 Å². The van der Waals surface area contributed by atoms with Gasteiger partial charge in [-0.3, -0.25) is 9.59 Å². The third-order valence-electron chi connectivity index (χ3n) is 5.58. The highest BCUT2D eigenvalue weighted by molar-refractivity contribution is 7.12. The second-order valence-corrected chi connectivity index (χ2v) is 8.22. The van der Waals surface area contributed by atoms with E-state index in [-0.39, 0.29) is 11.8 Å². The molecule has 2 amide bonds. The number of nitrogens with zero attached hydrogens (tertiary/aromatic N) is 4. The van der Waals surface area contributed by atoms with Crippen LogP contribution in [-0.4, -0.2) is 52.3 Å². The van der Waals surface area contributed by atoms with E-state index >= 15 is 0 Å². The summed E-state index contributed by atoms with van der Waals surface area (Å²) in [6.45, 7) is 1.27. The summed E-state index contributed by atoms with van der Waals surface area (Å²) in [6, 6.07) is 7.58. The van der Waals surface area contributed by atoms with Crippen molar-refractivity contribution < 1.29 is 9.59 Å². The second-order valence-electron chi connectivity index (χ2n) is 7.39. The molecular formula is C20H24N8O2S. The molecule has 0 spiro atoms. The molecule has 1 aliphatic heterocycles. The van der Waals surface area contributed by atoms with Crippen LogP contribution in [0.25, 0.3) is 5.13 Å². The van der Waals surface area contributed by atoms with Gasteiger partial charge in [-0.2, -0.15) is 5.10 Å². The highest BCUT2D eigenvalue weighted by Gasteiger charge is 2.38. The smallest absolute Gasteiger partial charge is 0.275 e. The normalized spacial score (nSPS) is 15.6. The Morgan fingerprint density at radius 1 is 1.23 bits per heavy atom. The molecule has 6 N–H and O–H groups in total. The fraction of sp³-hybridized carbons (Fsp3) is 0.300. The zero-order valence-electron chi connectivity index (χ0n) is 17.0. The van der Waals surface area contributed by atoms with Crippen LogP contribution in [0.2, 0.25) is 0 Å². The lowest BCUT2D eigenvalue weighted by Gasteiger charge is -2.41. The van der Waals surface area contributed by atoms with E-state index in [0.717, 1.165) is 5.69 Å². The van der Waals surface area contributed by atoms with E-state index in [1.165, 1.54) is 22.2 Å². The number of hydrogen-bond acceptors (Lipinski definition) is 8. The summed E-state index contributed by atoms with van der Waals surface area (Å²) in [6.07, 6.45) is 4.34. The number of anilines is 3. The molecule has 10 nitrogen and oxygen atoms in total. The lowest BCUT2D eigenvalue weighted by molar-refractivity contribution is -0.125. The number of aromatic nitrogens is 3. The number of carbonyl (C=O) groups is 2. The van der Waals surface area contributed by atoms with Crippen molar-refractivity contribution in [1.82, 2.24) is 20.1 Å². The van der Waals surface area contributed by atoms with Crippen LogP contribution in [0.1, 0.15) is 23.3 Å². The molecule has 2 aromatic heterocycles. The van der Waals surface area contributed by atoms with Crippen LogP contribution in [0, 0.1) is 0 Å². The van der Waals surface area contributed by atoms with Crippen molar-refractivity contribution in [1.29, 1.82) is 0 Å². The number of benzene rings is 1. The number of nitrogens with two attached hydrogens (primary N) is 2. The molecule has 31 heavy (non-hydrogen) atoms. The molecule has 11 heteroatoms. The summed E-state index contributed by atoms with van der Waals surface area (Å²) < 4.78 is 1.53. The van der Waals surface area contributed by atoms with Crippen LogP contribution in [-0.2, 0) is 4.79 Å². The van der Waals surface area contributed by atoms with E-state index in [0.29, 0.717) is 48.1 Å². The van der Waals surface area contributed by atoms with Crippen LogP contribution in [0.4, 0.5) is 17.1 Å². The number of nitrogen functional groups attached to an aromatic ring is 1. The first-order valence-electron chi connectivity index (χ1n) is 9.82. The zero-order valence-corrected chi connectivity index (χ0v) is 17.9. The predicted octanol–water partition coefficient (Wildman–Crippen LogP) is 1.21. The SMILES string of the molecule is CNC1(C(N)=O)CCN(c2ccccc2NC(=O)c2csc(-n3cc(N)cn3)n2)CC1. The first-order chi connectivity index (χ1) is 14.9. The van der Waals surface area contributed by atoms with Crippen molar-refractivity contribution in [2.75, 3.05) is 36.1 Å². The molecule has 0 bridgehead atoms. The number of para-hydroxylation sites is 2. The average Bonchev–Trinajstić information content (AvgIpc) is 3.43. The minimum atomic E-state index is -0.693. The summed E-state index contributed by atoms with van der Waals surface area (Å²) in [7, 11) is 1.76. The van der Waals surface area contributed by atoms with Crippen molar-refractivity contribution in [2.24, 2.45) is 5.73 Å². The van der Waals surface area contributed by atoms with Gasteiger partial charge >= 0.3 is 0 Å². The number of primary amides is 1. The number of likely N-dealkylation sites (N-methyl/N-ethyl adjacent to an activating group) is 1. The highest BCUT2D eigenvalue weighted by Crippen LogP contribution is 2.31. The lowest BCUT2D eigenvalue weighted by Crippen LogP contribution is -2.59. The summed E-state index contributed by atoms with van der Waals surface area (Å²) >= 11 is 1.30. The van der Waals surface area contributed by atoms with Gasteiger partial charge < -0.3 is 27.0 Å². The van der Waals surface area contributed by atoms with Crippen LogP contribution >= 0.6 is 11.3 Å². The van der Waals surface area contributed by atoms with E-state index in [4.69, 9.17) is 11.5 Å². The second kappa shape index (κ2) is 8.36. The maximum absolute atomic E-state index is 12.8. The maximum Gasteiger partial charge on any atom is 0.275 e. The molecule has 4 rings (SSSR count). The average molecular weight is 441 g/mol. The van der Waals surface area contributed by atoms with Gasteiger partial charge in [0.1, 0.15) is 11.2 Å². The number of carbonyl (C=O) groups excluding carboxylic acids is 2. The van der Waals surface area contributed by atoms with E-state index in [9.17, 15) is 9.59 Å². The van der Waals surface area contributed by atoms with Gasteiger partial charge in [0.05, 0.1) is 29.5 Å². The summed E-state index contributed by atoms with van der Waals surface area (Å²) in [4.78, 5) is 31.2. The fourth-order valence-electron chi connectivity index (χ4n) is 3.71. The molecule has 1 aromatic carbocycles. The Balaban J connectivity index is 1.49. The largest absolute Gasteiger partial charge is 0.396 e. The lowest BCUT2D eigenvalue weighted by atomic mass is 9.86. The molecule has 0 saturated carbocycles. The molecule has 0 radical (unpaired) electrons. The highest BCUT2D eigenvalue weighted by atomic mass is 32.1. The predicted molar refractivity (Wildman–Crippen MR) is 120 cm³/mol. The van der Waals surface area contributed by atoms with Gasteiger partial charge in [0.25, 0.3) is 5.91 Å². The van der Waals surface area contributed by atoms with E-state index in [1.807, 2.05) is 24.3 Å². The Kier molecular flexibility index (Phi) is 5.61. The molecule has 3 aromatic rings. The van der Waals surface area contributed by atoms with Gasteiger partial charge in [-0.25, -0.2) is 9.67 Å². The number of amides is 2. The molecular weight excluding hydrogens is 416 g/mol. The van der Waals surface area contributed by atoms with E-state index < -0.39 is 5.54 Å². The third kappa shape index (κ3) is 4.09. The fourth-order valence-corrected chi connectivity index (χ4v) is 4.44. The minimum Gasteiger partial charge on any atom is -0.396 e. The van der Waals surface area contributed by atoms with Gasteiger partial charge in [0.15, 0.2) is 0 Å². The van der Waals surface area contributed by atoms with Crippen LogP contribution in [0.15, 0.2) is 42.0 Å². The van der Waals surface area contributed by atoms with Crippen molar-refractivity contribution in [3.05, 3.63) is 47.7 Å². The molecule has 0 unspecified atom stereocenters. The molecule has 162 valence electrons. The summed E-state index contributed by atoms with van der Waals surface area (Å²) in [5.74, 6) is -0.650. The quantitative estimate of drug-likeness (QED) is 0.451. The Hall–Kier alpha value is -3.44. The van der Waals surface area contributed by atoms with Crippen molar-refractivity contribution in [2.45, 2.75) is 18.4 Å². The van der Waals surface area contributed by atoms with Gasteiger partial charge in [0.2, 0.25) is 11.0 Å². The van der Waals surface area contributed by atoms with Crippen LogP contribution in [0.5, 0.6) is 0 Å². The first-order valence-corrected chi connectivity index (χ1v) is 10.7.